The number of nitrogens with zero attached hydrogens (tertiary/aromatic N) is 1. The molecule has 76 valence electrons. The molecule has 0 aliphatic carbocycles. The van der Waals surface area contributed by atoms with E-state index < -0.39 is 23.3 Å². The number of carbonyl (C=O) groups excluding carboxylic acids is 1. The van der Waals surface area contributed by atoms with Gasteiger partial charge in [-0.2, -0.15) is 13.2 Å². The molecule has 1 amide bonds. The predicted octanol–water partition coefficient (Wildman–Crippen LogP) is 1.96. The number of halogens is 4. The van der Waals surface area contributed by atoms with Crippen LogP contribution in [-0.4, -0.2) is 10.9 Å². The van der Waals surface area contributed by atoms with Crippen molar-refractivity contribution >= 4 is 21.8 Å². The Balaban J connectivity index is 3.29. The number of carbonyl (C=O) groups is 1. The monoisotopic (exact) mass is 268 g/mol. The minimum atomic E-state index is -4.54. The summed E-state index contributed by atoms with van der Waals surface area (Å²) in [4.78, 5) is 14.0. The van der Waals surface area contributed by atoms with Crippen molar-refractivity contribution in [1.82, 2.24) is 4.98 Å². The molecule has 0 aliphatic rings. The molecule has 1 aromatic rings. The highest BCUT2D eigenvalue weighted by molar-refractivity contribution is 9.10. The van der Waals surface area contributed by atoms with E-state index in [0.29, 0.717) is 6.07 Å². The molecule has 0 fully saturated rings. The fraction of sp³-hybridized carbons (Fsp3) is 0.143. The zero-order valence-corrected chi connectivity index (χ0v) is 8.19. The molecule has 7 heteroatoms. The van der Waals surface area contributed by atoms with E-state index in [1.54, 1.807) is 0 Å². The van der Waals surface area contributed by atoms with E-state index in [1.165, 1.54) is 0 Å². The highest BCUT2D eigenvalue weighted by Crippen LogP contribution is 2.34. The third kappa shape index (κ3) is 2.22. The first-order valence-electron chi connectivity index (χ1n) is 3.35. The molecule has 0 aliphatic heterocycles. The van der Waals surface area contributed by atoms with Crippen LogP contribution in [0.3, 0.4) is 0 Å². The number of hydrogen-bond donors (Lipinski definition) is 1. The van der Waals surface area contributed by atoms with E-state index in [2.05, 4.69) is 20.9 Å². The first-order chi connectivity index (χ1) is 6.32. The second-order valence-corrected chi connectivity index (χ2v) is 3.27. The van der Waals surface area contributed by atoms with Crippen LogP contribution in [0.1, 0.15) is 16.1 Å². The number of rotatable bonds is 1. The Hall–Kier alpha value is -1.11. The number of amides is 1. The molecule has 1 heterocycles. The maximum absolute atomic E-state index is 12.3. The van der Waals surface area contributed by atoms with Gasteiger partial charge in [-0.25, -0.2) is 4.98 Å². The van der Waals surface area contributed by atoms with Gasteiger partial charge in [0.1, 0.15) is 5.69 Å². The number of pyridine rings is 1. The Morgan fingerprint density at radius 3 is 2.50 bits per heavy atom. The third-order valence-corrected chi connectivity index (χ3v) is 2.05. The highest BCUT2D eigenvalue weighted by atomic mass is 79.9. The van der Waals surface area contributed by atoms with E-state index in [1.807, 2.05) is 0 Å². The summed E-state index contributed by atoms with van der Waals surface area (Å²) in [7, 11) is 0. The normalized spacial score (nSPS) is 11.4. The Kier molecular flexibility index (Phi) is 2.79. The quantitative estimate of drug-likeness (QED) is 0.847. The number of nitrogens with two attached hydrogens (primary N) is 1. The summed E-state index contributed by atoms with van der Waals surface area (Å²) >= 11 is 2.68. The van der Waals surface area contributed by atoms with Gasteiger partial charge in [0, 0.05) is 10.7 Å². The molecule has 0 spiro atoms. The van der Waals surface area contributed by atoms with Crippen molar-refractivity contribution in [1.29, 1.82) is 0 Å². The first kappa shape index (κ1) is 11.0. The standard InChI is InChI=1S/C7H4BrF3N2O/c8-4-2-13-5(6(12)14)1-3(4)7(9,10)11/h1-2H,(H2,12,14). The lowest BCUT2D eigenvalue weighted by atomic mass is 10.2. The predicted molar refractivity (Wildman–Crippen MR) is 45.5 cm³/mol. The van der Waals surface area contributed by atoms with E-state index in [0.717, 1.165) is 6.20 Å². The Bertz CT molecular complexity index is 378. The molecule has 0 atom stereocenters. The second-order valence-electron chi connectivity index (χ2n) is 2.41. The van der Waals surface area contributed by atoms with Gasteiger partial charge in [-0.05, 0) is 22.0 Å². The Morgan fingerprint density at radius 2 is 2.07 bits per heavy atom. The smallest absolute Gasteiger partial charge is 0.364 e. The summed E-state index contributed by atoms with van der Waals surface area (Å²) in [5.41, 5.74) is 3.40. The fourth-order valence-corrected chi connectivity index (χ4v) is 1.23. The van der Waals surface area contributed by atoms with Crippen LogP contribution >= 0.6 is 15.9 Å². The summed E-state index contributed by atoms with van der Waals surface area (Å²) < 4.78 is 36.6. The van der Waals surface area contributed by atoms with Gasteiger partial charge in [0.15, 0.2) is 0 Å². The first-order valence-corrected chi connectivity index (χ1v) is 4.14. The Labute approximate surface area is 85.2 Å². The summed E-state index contributed by atoms with van der Waals surface area (Å²) in [6.07, 6.45) is -3.64. The molecule has 0 saturated carbocycles. The summed E-state index contributed by atoms with van der Waals surface area (Å²) in [6.45, 7) is 0. The van der Waals surface area contributed by atoms with Crippen LogP contribution < -0.4 is 5.73 Å². The average Bonchev–Trinajstić information content (AvgIpc) is 2.02. The molecular weight excluding hydrogens is 265 g/mol. The maximum Gasteiger partial charge on any atom is 0.417 e. The van der Waals surface area contributed by atoms with Crippen LogP contribution in [0.15, 0.2) is 16.7 Å². The largest absolute Gasteiger partial charge is 0.417 e. The minimum Gasteiger partial charge on any atom is -0.364 e. The van der Waals surface area contributed by atoms with Crippen molar-refractivity contribution < 1.29 is 18.0 Å². The number of primary amides is 1. The van der Waals surface area contributed by atoms with Crippen molar-refractivity contribution in [3.8, 4) is 0 Å². The molecule has 0 bridgehead atoms. The summed E-state index contributed by atoms with van der Waals surface area (Å²) in [5.74, 6) is -0.997. The van der Waals surface area contributed by atoms with Gasteiger partial charge in [-0.15, -0.1) is 0 Å². The molecule has 1 rings (SSSR count). The van der Waals surface area contributed by atoms with Crippen molar-refractivity contribution in [3.63, 3.8) is 0 Å². The van der Waals surface area contributed by atoms with Gasteiger partial charge < -0.3 is 5.73 Å². The molecule has 1 aromatic heterocycles. The maximum atomic E-state index is 12.3. The number of hydrogen-bond acceptors (Lipinski definition) is 2. The van der Waals surface area contributed by atoms with Crippen LogP contribution in [0.2, 0.25) is 0 Å². The minimum absolute atomic E-state index is 0.227. The lowest BCUT2D eigenvalue weighted by molar-refractivity contribution is -0.138. The second kappa shape index (κ2) is 3.56. The van der Waals surface area contributed by atoms with Gasteiger partial charge in [-0.1, -0.05) is 0 Å². The molecule has 14 heavy (non-hydrogen) atoms. The number of alkyl halides is 3. The van der Waals surface area contributed by atoms with Crippen LogP contribution in [0.5, 0.6) is 0 Å². The lowest BCUT2D eigenvalue weighted by Crippen LogP contribution is -2.15. The van der Waals surface area contributed by atoms with Gasteiger partial charge in [0.25, 0.3) is 5.91 Å². The van der Waals surface area contributed by atoms with Gasteiger partial charge in [0.2, 0.25) is 0 Å². The fourth-order valence-electron chi connectivity index (χ4n) is 0.791. The molecule has 0 aromatic carbocycles. The molecule has 2 N–H and O–H groups in total. The van der Waals surface area contributed by atoms with Crippen LogP contribution in [0.4, 0.5) is 13.2 Å². The lowest BCUT2D eigenvalue weighted by Gasteiger charge is -2.08. The van der Waals surface area contributed by atoms with E-state index in [4.69, 9.17) is 5.73 Å². The van der Waals surface area contributed by atoms with E-state index in [-0.39, 0.29) is 4.47 Å². The van der Waals surface area contributed by atoms with Gasteiger partial charge >= 0.3 is 6.18 Å². The third-order valence-electron chi connectivity index (χ3n) is 1.41. The van der Waals surface area contributed by atoms with Gasteiger partial charge in [0.05, 0.1) is 5.56 Å². The van der Waals surface area contributed by atoms with Crippen LogP contribution in [-0.2, 0) is 6.18 Å². The van der Waals surface area contributed by atoms with Crippen LogP contribution in [0.25, 0.3) is 0 Å². The van der Waals surface area contributed by atoms with Crippen molar-refractivity contribution in [2.45, 2.75) is 6.18 Å². The van der Waals surface area contributed by atoms with E-state index >= 15 is 0 Å². The molecule has 3 nitrogen and oxygen atoms in total. The molecule has 0 radical (unpaired) electrons. The number of aromatic nitrogens is 1. The van der Waals surface area contributed by atoms with Crippen LogP contribution in [0, 0.1) is 0 Å². The van der Waals surface area contributed by atoms with Gasteiger partial charge in [-0.3, -0.25) is 4.79 Å². The molecular formula is C7H4BrF3N2O. The topological polar surface area (TPSA) is 56.0 Å². The summed E-state index contributed by atoms with van der Waals surface area (Å²) in [6, 6.07) is 0.604. The van der Waals surface area contributed by atoms with Crippen molar-refractivity contribution in [3.05, 3.63) is 28.0 Å². The Morgan fingerprint density at radius 1 is 1.50 bits per heavy atom. The van der Waals surface area contributed by atoms with E-state index in [9.17, 15) is 18.0 Å². The summed E-state index contributed by atoms with van der Waals surface area (Å²) in [5, 5.41) is 0. The zero-order chi connectivity index (χ0) is 10.9. The average molecular weight is 269 g/mol. The SMILES string of the molecule is NC(=O)c1cc(C(F)(F)F)c(Br)cn1. The molecule has 0 saturated heterocycles. The van der Waals surface area contributed by atoms with Crippen molar-refractivity contribution in [2.75, 3.05) is 0 Å². The van der Waals surface area contributed by atoms with Crippen molar-refractivity contribution in [2.24, 2.45) is 5.73 Å². The molecule has 0 unspecified atom stereocenters. The highest BCUT2D eigenvalue weighted by Gasteiger charge is 2.33. The zero-order valence-electron chi connectivity index (χ0n) is 6.60.